The molecular weight excluding hydrogens is 1450 g/mol. The van der Waals surface area contributed by atoms with Gasteiger partial charge in [0, 0.05) is 44.7 Å². The monoisotopic (exact) mass is 1530 g/mol. The molecule has 19 aromatic rings. The molecule has 0 radical (unpaired) electrons. The maximum absolute atomic E-state index is 2.49. The lowest BCUT2D eigenvalue weighted by Gasteiger charge is -2.30. The maximum atomic E-state index is 2.49. The Bertz CT molecular complexity index is 7100. The number of nitrogens with zero attached hydrogens (tertiary/aromatic N) is 2. The normalized spacial score (nSPS) is 12.6. The molecule has 0 amide bonds. The van der Waals surface area contributed by atoms with Crippen LogP contribution in [0.15, 0.2) is 449 Å². The van der Waals surface area contributed by atoms with Gasteiger partial charge in [0.1, 0.15) is 0 Å². The summed E-state index contributed by atoms with van der Waals surface area (Å²) in [4.78, 5) is 4.96. The van der Waals surface area contributed by atoms with E-state index in [4.69, 9.17) is 0 Å². The SMILES string of the molecule is CC1(C)c2ccccc2-c2ccc(-c3cccc(N(c4ccccc4)c4cccc(-c5ccccc5)c4-c4ccc(-c5ccc6c(c5)C(C)(C)c5cc(-c7cccc(N(c8ccc(-c9ccc(-c%10cccc%11ccccc%10%11)cc9)cc8)c8cccc(-c9ccccc9)c8-c8ccccc8-c8ccccc8)c7)ccc5-6)cc4-c4ccccc4)c3)cc21. The van der Waals surface area contributed by atoms with Crippen molar-refractivity contribution in [2.24, 2.45) is 0 Å². The van der Waals surface area contributed by atoms with Gasteiger partial charge in [-0.1, -0.05) is 392 Å². The van der Waals surface area contributed by atoms with Crippen LogP contribution >= 0.6 is 0 Å². The molecule has 0 N–H and O–H groups in total. The molecule has 0 saturated heterocycles. The molecule has 2 heteroatoms. The lowest BCUT2D eigenvalue weighted by Crippen LogP contribution is -2.15. The average Bonchev–Trinajstić information content (AvgIpc) is 1.51. The Morgan fingerprint density at radius 1 is 0.158 bits per heavy atom. The van der Waals surface area contributed by atoms with Crippen LogP contribution in [0.1, 0.15) is 49.9 Å². The van der Waals surface area contributed by atoms with E-state index >= 15 is 0 Å². The average molecular weight is 1530 g/mol. The minimum atomic E-state index is -0.343. The van der Waals surface area contributed by atoms with Crippen LogP contribution in [0, 0.1) is 0 Å². The quantitative estimate of drug-likeness (QED) is 0.0896. The predicted molar refractivity (Wildman–Crippen MR) is 508 cm³/mol. The van der Waals surface area contributed by atoms with E-state index in [0.29, 0.717) is 0 Å². The van der Waals surface area contributed by atoms with Crippen molar-refractivity contribution in [2.75, 3.05) is 9.80 Å². The van der Waals surface area contributed by atoms with E-state index in [1.54, 1.807) is 0 Å². The number of fused-ring (bicyclic) bond motifs is 7. The largest absolute Gasteiger partial charge is 0.310 e. The van der Waals surface area contributed by atoms with Gasteiger partial charge >= 0.3 is 0 Å². The van der Waals surface area contributed by atoms with Crippen molar-refractivity contribution in [2.45, 2.75) is 38.5 Å². The minimum absolute atomic E-state index is 0.125. The summed E-state index contributed by atoms with van der Waals surface area (Å²) in [5, 5.41) is 2.50. The maximum Gasteiger partial charge on any atom is 0.0546 e. The molecule has 568 valence electrons. The van der Waals surface area contributed by atoms with Crippen LogP contribution in [-0.2, 0) is 10.8 Å². The first kappa shape index (κ1) is 72.7. The molecule has 0 fully saturated rings. The molecule has 0 aromatic heterocycles. The van der Waals surface area contributed by atoms with Crippen LogP contribution in [0.4, 0.5) is 34.1 Å². The number of para-hydroxylation sites is 1. The Morgan fingerprint density at radius 3 is 0.967 bits per heavy atom. The minimum Gasteiger partial charge on any atom is -0.310 e. The summed E-state index contributed by atoms with van der Waals surface area (Å²) >= 11 is 0. The Labute approximate surface area is 704 Å². The van der Waals surface area contributed by atoms with Gasteiger partial charge in [-0.2, -0.15) is 0 Å². The number of anilines is 6. The first-order chi connectivity index (χ1) is 59.0. The highest BCUT2D eigenvalue weighted by Gasteiger charge is 2.38. The molecule has 19 aromatic carbocycles. The van der Waals surface area contributed by atoms with Crippen molar-refractivity contribution < 1.29 is 0 Å². The van der Waals surface area contributed by atoms with Crippen molar-refractivity contribution in [3.05, 3.63) is 471 Å². The summed E-state index contributed by atoms with van der Waals surface area (Å²) in [6.07, 6.45) is 0. The smallest absolute Gasteiger partial charge is 0.0546 e. The zero-order valence-electron chi connectivity index (χ0n) is 67.6. The second-order valence-corrected chi connectivity index (χ2v) is 33.0. The molecule has 0 heterocycles. The highest BCUT2D eigenvalue weighted by Crippen LogP contribution is 2.56. The summed E-state index contributed by atoms with van der Waals surface area (Å²) in [6.45, 7) is 9.57. The standard InChI is InChI=1S/C118H86N2/c1-117(2)109-54-25-24-49-102(109)103-69-63-90(76-110(103)117)87-41-26-45-95(73-87)119(93-43-18-9-19-44-93)114-56-30-53-101(84-35-14-7-15-36-84)116(114)107-72-66-89(75-108(107)85-37-16-8-17-38-85)92-65-71-105-104-70-64-91(77-111(104)118(3,4)112(105)78-92)88-42-27-46-96(74-88)120(94-67-61-80(62-68-94)79-57-59-86(60-58-79)98-51-28-40-82-39-20-21-47-97(82)98)113-55-29-52-100(83-33-12-6-13-34-83)115(113)106-50-23-22-48-99(106)81-31-10-5-11-32-81/h5-78H,1-4H3. The van der Waals surface area contributed by atoms with E-state index in [1.165, 1.54) is 99.8 Å². The molecule has 0 aliphatic heterocycles. The van der Waals surface area contributed by atoms with Gasteiger partial charge in [0.15, 0.2) is 0 Å². The summed E-state index contributed by atoms with van der Waals surface area (Å²) in [5.41, 5.74) is 42.1. The van der Waals surface area contributed by atoms with Crippen molar-refractivity contribution in [1.82, 2.24) is 0 Å². The molecule has 120 heavy (non-hydrogen) atoms. The lowest BCUT2D eigenvalue weighted by atomic mass is 9.80. The van der Waals surface area contributed by atoms with Crippen molar-refractivity contribution >= 4 is 44.9 Å². The first-order valence-electron chi connectivity index (χ1n) is 41.8. The van der Waals surface area contributed by atoms with Crippen molar-refractivity contribution in [3.8, 4) is 145 Å². The number of hydrogen-bond donors (Lipinski definition) is 0. The van der Waals surface area contributed by atoms with E-state index < -0.39 is 0 Å². The fourth-order valence-electron chi connectivity index (χ4n) is 19.3. The van der Waals surface area contributed by atoms with Gasteiger partial charge in [0.2, 0.25) is 0 Å². The Morgan fingerprint density at radius 2 is 0.450 bits per heavy atom. The highest BCUT2D eigenvalue weighted by atomic mass is 15.2. The van der Waals surface area contributed by atoms with Crippen LogP contribution in [0.25, 0.3) is 155 Å². The third-order valence-electron chi connectivity index (χ3n) is 25.3. The second-order valence-electron chi connectivity index (χ2n) is 33.0. The lowest BCUT2D eigenvalue weighted by molar-refractivity contribution is 0.660. The number of rotatable bonds is 17. The molecule has 2 nitrogen and oxygen atoms in total. The molecule has 21 rings (SSSR count). The summed E-state index contributed by atoms with van der Waals surface area (Å²) in [6, 6.07) is 167. The summed E-state index contributed by atoms with van der Waals surface area (Å²) < 4.78 is 0. The number of benzene rings is 19. The Kier molecular flexibility index (Phi) is 18.3. The van der Waals surface area contributed by atoms with E-state index in [9.17, 15) is 0 Å². The fraction of sp³-hybridized carbons (Fsp3) is 0.0508. The Balaban J connectivity index is 0.655. The zero-order valence-corrected chi connectivity index (χ0v) is 67.6. The Hall–Kier alpha value is -15.0. The fourth-order valence-corrected chi connectivity index (χ4v) is 19.3. The second kappa shape index (κ2) is 30.3. The van der Waals surface area contributed by atoms with Gasteiger partial charge in [-0.3, -0.25) is 0 Å². The third kappa shape index (κ3) is 12.9. The van der Waals surface area contributed by atoms with E-state index in [0.717, 1.165) is 112 Å². The van der Waals surface area contributed by atoms with Crippen LogP contribution in [0.3, 0.4) is 0 Å². The van der Waals surface area contributed by atoms with Crippen LogP contribution in [0.5, 0.6) is 0 Å². The van der Waals surface area contributed by atoms with E-state index in [1.807, 2.05) is 0 Å². The van der Waals surface area contributed by atoms with Gasteiger partial charge in [-0.05, 0) is 251 Å². The molecule has 0 saturated carbocycles. The van der Waals surface area contributed by atoms with Gasteiger partial charge in [-0.15, -0.1) is 0 Å². The predicted octanol–water partition coefficient (Wildman–Crippen LogP) is 32.7. The van der Waals surface area contributed by atoms with Crippen molar-refractivity contribution in [1.29, 1.82) is 0 Å². The van der Waals surface area contributed by atoms with Crippen LogP contribution < -0.4 is 9.80 Å². The summed E-state index contributed by atoms with van der Waals surface area (Å²) in [7, 11) is 0. The van der Waals surface area contributed by atoms with Crippen molar-refractivity contribution in [3.63, 3.8) is 0 Å². The van der Waals surface area contributed by atoms with E-state index in [2.05, 4.69) is 486 Å². The molecule has 0 bridgehead atoms. The zero-order chi connectivity index (χ0) is 80.4. The van der Waals surface area contributed by atoms with Gasteiger partial charge < -0.3 is 9.80 Å². The highest BCUT2D eigenvalue weighted by molar-refractivity contribution is 6.05. The molecule has 0 atom stereocenters. The molecule has 2 aliphatic carbocycles. The third-order valence-corrected chi connectivity index (χ3v) is 25.3. The van der Waals surface area contributed by atoms with E-state index in [-0.39, 0.29) is 10.8 Å². The van der Waals surface area contributed by atoms with Crippen LogP contribution in [-0.4, -0.2) is 0 Å². The molecule has 0 spiro atoms. The molecule has 0 unspecified atom stereocenters. The van der Waals surface area contributed by atoms with Gasteiger partial charge in [-0.25, -0.2) is 0 Å². The molecular formula is C118H86N2. The summed E-state index contributed by atoms with van der Waals surface area (Å²) in [5.74, 6) is 0. The van der Waals surface area contributed by atoms with Gasteiger partial charge in [0.05, 0.1) is 11.4 Å². The number of hydrogen-bond acceptors (Lipinski definition) is 2. The first-order valence-corrected chi connectivity index (χ1v) is 41.8. The van der Waals surface area contributed by atoms with Crippen LogP contribution in [0.2, 0.25) is 0 Å². The topological polar surface area (TPSA) is 6.48 Å². The van der Waals surface area contributed by atoms with Gasteiger partial charge in [0.25, 0.3) is 0 Å². The molecule has 2 aliphatic rings.